The number of likely N-dealkylation sites (N-methyl/N-ethyl adjacent to an activating group) is 1. The Kier molecular flexibility index (Phi) is 9.83. The number of nitrogens with zero attached hydrogens (tertiary/aromatic N) is 3. The van der Waals surface area contributed by atoms with Gasteiger partial charge in [-0.1, -0.05) is 60.7 Å². The summed E-state index contributed by atoms with van der Waals surface area (Å²) in [6.45, 7) is -0.845. The molecule has 0 aliphatic rings. The first-order valence-corrected chi connectivity index (χ1v) is 14.7. The molecule has 12 heteroatoms. The molecule has 2 amide bonds. The summed E-state index contributed by atoms with van der Waals surface area (Å²) in [6, 6.07) is 25.6. The maximum atomic E-state index is 14.2. The highest BCUT2D eigenvalue weighted by Crippen LogP contribution is 2.27. The Morgan fingerprint density at radius 3 is 2.00 bits per heavy atom. The molecular weight excluding hydrogens is 575 g/mol. The van der Waals surface area contributed by atoms with E-state index in [9.17, 15) is 32.5 Å². The fourth-order valence-electron chi connectivity index (χ4n) is 4.50. The second-order valence-electron chi connectivity index (χ2n) is 9.57. The number of benzene rings is 4. The van der Waals surface area contributed by atoms with E-state index in [1.54, 1.807) is 30.3 Å². The van der Waals surface area contributed by atoms with Crippen molar-refractivity contribution in [2.45, 2.75) is 23.9 Å². The number of nitro groups is 1. The van der Waals surface area contributed by atoms with Crippen molar-refractivity contribution in [2.24, 2.45) is 0 Å². The maximum Gasteiger partial charge on any atom is 0.269 e. The summed E-state index contributed by atoms with van der Waals surface area (Å²) in [4.78, 5) is 39.2. The zero-order chi connectivity index (χ0) is 31.0. The van der Waals surface area contributed by atoms with Crippen LogP contribution in [0.15, 0.2) is 114 Å². The molecule has 0 fully saturated rings. The van der Waals surface area contributed by atoms with E-state index >= 15 is 0 Å². The third-order valence-corrected chi connectivity index (χ3v) is 8.53. The number of rotatable bonds is 12. The molecule has 4 aromatic carbocycles. The molecule has 43 heavy (non-hydrogen) atoms. The lowest BCUT2D eigenvalue weighted by molar-refractivity contribution is -0.384. The van der Waals surface area contributed by atoms with E-state index in [0.717, 1.165) is 22.0 Å². The van der Waals surface area contributed by atoms with Crippen molar-refractivity contribution in [3.05, 3.63) is 136 Å². The molecule has 0 spiro atoms. The van der Waals surface area contributed by atoms with Crippen molar-refractivity contribution in [2.75, 3.05) is 17.9 Å². The Morgan fingerprint density at radius 2 is 1.44 bits per heavy atom. The summed E-state index contributed by atoms with van der Waals surface area (Å²) >= 11 is 0. The Balaban J connectivity index is 1.78. The Bertz CT molecular complexity index is 1670. The van der Waals surface area contributed by atoms with Gasteiger partial charge in [0.2, 0.25) is 11.8 Å². The number of amides is 2. The minimum atomic E-state index is -4.34. The number of sulfonamides is 1. The highest BCUT2D eigenvalue weighted by atomic mass is 32.2. The van der Waals surface area contributed by atoms with Gasteiger partial charge in [0.15, 0.2) is 0 Å². The first-order chi connectivity index (χ1) is 20.6. The molecule has 0 aliphatic carbocycles. The van der Waals surface area contributed by atoms with Crippen LogP contribution in [0.4, 0.5) is 15.8 Å². The number of halogens is 1. The lowest BCUT2D eigenvalue weighted by atomic mass is 10.0. The third-order valence-electron chi connectivity index (χ3n) is 6.74. The molecule has 1 N–H and O–H groups in total. The minimum Gasteiger partial charge on any atom is -0.357 e. The number of non-ortho nitro benzene ring substituents is 1. The molecule has 0 saturated carbocycles. The van der Waals surface area contributed by atoms with Crippen LogP contribution < -0.4 is 9.62 Å². The molecule has 0 bridgehead atoms. The molecule has 0 aliphatic heterocycles. The zero-order valence-electron chi connectivity index (χ0n) is 23.2. The number of nitrogens with one attached hydrogen (secondary N) is 1. The lowest BCUT2D eigenvalue weighted by Crippen LogP contribution is -2.53. The summed E-state index contributed by atoms with van der Waals surface area (Å²) in [5.74, 6) is -1.68. The van der Waals surface area contributed by atoms with Crippen molar-refractivity contribution in [3.8, 4) is 0 Å². The number of hydrogen-bond acceptors (Lipinski definition) is 6. The molecule has 4 rings (SSSR count). The molecule has 0 aromatic heterocycles. The van der Waals surface area contributed by atoms with Crippen molar-refractivity contribution in [3.63, 3.8) is 0 Å². The maximum absolute atomic E-state index is 14.2. The number of carbonyl (C=O) groups excluding carboxylic acids is 2. The van der Waals surface area contributed by atoms with Gasteiger partial charge in [-0.05, 0) is 47.5 Å². The number of anilines is 1. The third kappa shape index (κ3) is 7.60. The second-order valence-corrected chi connectivity index (χ2v) is 11.4. The van der Waals surface area contributed by atoms with E-state index in [2.05, 4.69) is 5.32 Å². The molecule has 4 aromatic rings. The molecule has 1 atom stereocenters. The second kappa shape index (κ2) is 13.7. The molecule has 1 unspecified atom stereocenters. The predicted molar refractivity (Wildman–Crippen MR) is 159 cm³/mol. The minimum absolute atomic E-state index is 0.0177. The Labute approximate surface area is 248 Å². The van der Waals surface area contributed by atoms with Gasteiger partial charge < -0.3 is 10.2 Å². The number of carbonyl (C=O) groups is 2. The van der Waals surface area contributed by atoms with Crippen LogP contribution in [0.25, 0.3) is 0 Å². The van der Waals surface area contributed by atoms with Crippen LogP contribution in [0.2, 0.25) is 0 Å². The highest BCUT2D eigenvalue weighted by Gasteiger charge is 2.34. The standard InChI is InChI=1S/C31H29FN4O6S/c1-33-31(38)29(20-23-8-4-2-5-9-23)34(21-24-12-14-25(32)15-13-24)30(37)22-35(26-16-18-27(19-17-26)36(39)40)43(41,42)28-10-6-3-7-11-28/h2-19,29H,20-22H2,1H3,(H,33,38). The van der Waals surface area contributed by atoms with Crippen LogP contribution in [0.5, 0.6) is 0 Å². The molecule has 0 heterocycles. The summed E-state index contributed by atoms with van der Waals surface area (Å²) in [6.07, 6.45) is 0.121. The van der Waals surface area contributed by atoms with Crippen LogP contribution >= 0.6 is 0 Å². The van der Waals surface area contributed by atoms with Crippen molar-refractivity contribution in [1.82, 2.24) is 10.2 Å². The van der Waals surface area contributed by atoms with E-state index in [1.165, 1.54) is 72.6 Å². The molecule has 222 valence electrons. The molecule has 0 radical (unpaired) electrons. The Morgan fingerprint density at radius 1 is 0.860 bits per heavy atom. The largest absolute Gasteiger partial charge is 0.357 e. The lowest BCUT2D eigenvalue weighted by Gasteiger charge is -2.33. The van der Waals surface area contributed by atoms with Crippen molar-refractivity contribution in [1.29, 1.82) is 0 Å². The number of hydrogen-bond donors (Lipinski definition) is 1. The van der Waals surface area contributed by atoms with Gasteiger partial charge in [-0.3, -0.25) is 24.0 Å². The summed E-state index contributed by atoms with van der Waals surface area (Å²) < 4.78 is 42.3. The fourth-order valence-corrected chi connectivity index (χ4v) is 5.93. The molecule has 10 nitrogen and oxygen atoms in total. The average Bonchev–Trinajstić information content (AvgIpc) is 3.02. The average molecular weight is 605 g/mol. The normalized spacial score (nSPS) is 11.8. The van der Waals surface area contributed by atoms with Crippen LogP contribution in [0.3, 0.4) is 0 Å². The van der Waals surface area contributed by atoms with Crippen LogP contribution in [-0.4, -0.2) is 49.7 Å². The van der Waals surface area contributed by atoms with Crippen LogP contribution in [0, 0.1) is 15.9 Å². The van der Waals surface area contributed by atoms with Gasteiger partial charge in [0.25, 0.3) is 15.7 Å². The van der Waals surface area contributed by atoms with Gasteiger partial charge in [-0.2, -0.15) is 0 Å². The first kappa shape index (κ1) is 30.8. The number of nitro benzene ring substituents is 1. The molecular formula is C31H29FN4O6S. The van der Waals surface area contributed by atoms with Gasteiger partial charge in [0.1, 0.15) is 18.4 Å². The zero-order valence-corrected chi connectivity index (χ0v) is 24.0. The summed E-state index contributed by atoms with van der Waals surface area (Å²) in [5, 5.41) is 13.8. The van der Waals surface area contributed by atoms with Gasteiger partial charge in [-0.25, -0.2) is 12.8 Å². The summed E-state index contributed by atoms with van der Waals surface area (Å²) in [7, 11) is -2.90. The smallest absolute Gasteiger partial charge is 0.269 e. The van der Waals surface area contributed by atoms with Crippen LogP contribution in [-0.2, 0) is 32.6 Å². The van der Waals surface area contributed by atoms with Gasteiger partial charge in [0.05, 0.1) is 15.5 Å². The quantitative estimate of drug-likeness (QED) is 0.189. The van der Waals surface area contributed by atoms with Gasteiger partial charge in [0, 0.05) is 32.1 Å². The van der Waals surface area contributed by atoms with E-state index in [0.29, 0.717) is 5.56 Å². The van der Waals surface area contributed by atoms with Crippen molar-refractivity contribution >= 4 is 33.2 Å². The van der Waals surface area contributed by atoms with E-state index in [4.69, 9.17) is 0 Å². The topological polar surface area (TPSA) is 130 Å². The highest BCUT2D eigenvalue weighted by molar-refractivity contribution is 7.92. The van der Waals surface area contributed by atoms with E-state index in [1.807, 2.05) is 6.07 Å². The van der Waals surface area contributed by atoms with Crippen LogP contribution in [0.1, 0.15) is 11.1 Å². The van der Waals surface area contributed by atoms with Gasteiger partial charge in [-0.15, -0.1) is 0 Å². The monoisotopic (exact) mass is 604 g/mol. The first-order valence-electron chi connectivity index (χ1n) is 13.2. The van der Waals surface area contributed by atoms with Crippen molar-refractivity contribution < 1.29 is 27.3 Å². The predicted octanol–water partition coefficient (Wildman–Crippen LogP) is 4.32. The molecule has 0 saturated heterocycles. The SMILES string of the molecule is CNC(=O)C(Cc1ccccc1)N(Cc1ccc(F)cc1)C(=O)CN(c1ccc([N+](=O)[O-])cc1)S(=O)(=O)c1ccccc1. The fraction of sp³-hybridized carbons (Fsp3) is 0.161. The van der Waals surface area contributed by atoms with Gasteiger partial charge >= 0.3 is 0 Å². The Hall–Kier alpha value is -5.10. The van der Waals surface area contributed by atoms with E-state index in [-0.39, 0.29) is 29.2 Å². The van der Waals surface area contributed by atoms with E-state index < -0.39 is 45.2 Å². The summed E-state index contributed by atoms with van der Waals surface area (Å²) in [5.41, 5.74) is 1.04.